The summed E-state index contributed by atoms with van der Waals surface area (Å²) in [6, 6.07) is 3.84. The lowest BCUT2D eigenvalue weighted by Crippen LogP contribution is -2.18. The zero-order chi connectivity index (χ0) is 10.1. The molecule has 14 heavy (non-hydrogen) atoms. The molecule has 1 aliphatic rings. The van der Waals surface area contributed by atoms with Crippen LogP contribution >= 0.6 is 11.6 Å². The molecule has 0 amide bonds. The Morgan fingerprint density at radius 1 is 1.43 bits per heavy atom. The van der Waals surface area contributed by atoms with Crippen molar-refractivity contribution in [3.05, 3.63) is 22.7 Å². The highest BCUT2D eigenvalue weighted by Crippen LogP contribution is 2.41. The van der Waals surface area contributed by atoms with E-state index in [1.165, 1.54) is 0 Å². The Hall–Kier alpha value is -0.930. The van der Waals surface area contributed by atoms with Gasteiger partial charge in [0.2, 0.25) is 6.79 Å². The van der Waals surface area contributed by atoms with Crippen molar-refractivity contribution in [3.63, 3.8) is 0 Å². The predicted octanol–water partition coefficient (Wildman–Crippen LogP) is 1.96. The zero-order valence-electron chi connectivity index (χ0n) is 7.92. The lowest BCUT2D eigenvalue weighted by atomic mass is 10.1. The van der Waals surface area contributed by atoms with E-state index in [1.807, 2.05) is 19.1 Å². The maximum absolute atomic E-state index is 5.94. The molecule has 0 radical (unpaired) electrons. The van der Waals surface area contributed by atoms with Gasteiger partial charge in [0.25, 0.3) is 0 Å². The smallest absolute Gasteiger partial charge is 0.231 e. The molecule has 0 saturated heterocycles. The van der Waals surface area contributed by atoms with Crippen molar-refractivity contribution < 1.29 is 9.47 Å². The largest absolute Gasteiger partial charge is 0.453 e. The van der Waals surface area contributed by atoms with Gasteiger partial charge < -0.3 is 15.2 Å². The van der Waals surface area contributed by atoms with Crippen LogP contribution in [0.4, 0.5) is 0 Å². The maximum atomic E-state index is 5.94. The van der Waals surface area contributed by atoms with Crippen molar-refractivity contribution in [2.45, 2.75) is 19.4 Å². The Bertz CT molecular complexity index is 352. The highest BCUT2D eigenvalue weighted by molar-refractivity contribution is 6.32. The maximum Gasteiger partial charge on any atom is 0.231 e. The first-order valence-electron chi connectivity index (χ1n) is 4.51. The molecule has 1 aliphatic heterocycles. The first-order valence-corrected chi connectivity index (χ1v) is 4.89. The van der Waals surface area contributed by atoms with Crippen LogP contribution in [0.1, 0.15) is 12.5 Å². The van der Waals surface area contributed by atoms with Crippen molar-refractivity contribution in [2.75, 3.05) is 6.79 Å². The molecule has 1 aromatic carbocycles. The number of rotatable bonds is 2. The fourth-order valence-electron chi connectivity index (χ4n) is 1.53. The molecule has 1 aromatic rings. The summed E-state index contributed by atoms with van der Waals surface area (Å²) < 4.78 is 10.6. The van der Waals surface area contributed by atoms with Gasteiger partial charge in [0.15, 0.2) is 11.5 Å². The first kappa shape index (κ1) is 9.62. The molecule has 76 valence electrons. The Labute approximate surface area is 87.8 Å². The van der Waals surface area contributed by atoms with Crippen LogP contribution in [-0.2, 0) is 6.42 Å². The fourth-order valence-corrected chi connectivity index (χ4v) is 1.73. The van der Waals surface area contributed by atoms with Crippen LogP contribution in [0.2, 0.25) is 5.02 Å². The summed E-state index contributed by atoms with van der Waals surface area (Å²) in [5.74, 6) is 1.39. The summed E-state index contributed by atoms with van der Waals surface area (Å²) in [7, 11) is 0. The Kier molecular flexibility index (Phi) is 2.52. The third-order valence-electron chi connectivity index (χ3n) is 2.09. The standard InChI is InChI=1S/C10H12ClNO2/c1-6(12)4-7-2-3-8(11)10-9(7)13-5-14-10/h2-3,6H,4-5,12H2,1H3. The van der Waals surface area contributed by atoms with E-state index in [0.29, 0.717) is 10.8 Å². The normalized spacial score (nSPS) is 15.6. The number of fused-ring (bicyclic) bond motifs is 1. The summed E-state index contributed by atoms with van der Waals surface area (Å²) in [4.78, 5) is 0. The molecule has 1 unspecified atom stereocenters. The van der Waals surface area contributed by atoms with Gasteiger partial charge in [-0.25, -0.2) is 0 Å². The van der Waals surface area contributed by atoms with Gasteiger partial charge in [-0.15, -0.1) is 0 Å². The monoisotopic (exact) mass is 213 g/mol. The lowest BCUT2D eigenvalue weighted by Gasteiger charge is -2.08. The van der Waals surface area contributed by atoms with Gasteiger partial charge in [-0.3, -0.25) is 0 Å². The lowest BCUT2D eigenvalue weighted by molar-refractivity contribution is 0.173. The third kappa shape index (κ3) is 1.65. The van der Waals surface area contributed by atoms with E-state index in [9.17, 15) is 0 Å². The van der Waals surface area contributed by atoms with Crippen molar-refractivity contribution >= 4 is 11.6 Å². The van der Waals surface area contributed by atoms with Crippen LogP contribution in [0.3, 0.4) is 0 Å². The molecule has 2 N–H and O–H groups in total. The number of hydrogen-bond donors (Lipinski definition) is 1. The van der Waals surface area contributed by atoms with Gasteiger partial charge in [-0.05, 0) is 25.0 Å². The predicted molar refractivity (Wildman–Crippen MR) is 54.9 cm³/mol. The molecule has 4 heteroatoms. The minimum atomic E-state index is 0.101. The summed E-state index contributed by atoms with van der Waals surface area (Å²) >= 11 is 5.94. The molecule has 0 aliphatic carbocycles. The Morgan fingerprint density at radius 3 is 2.86 bits per heavy atom. The van der Waals surface area contributed by atoms with Crippen LogP contribution in [-0.4, -0.2) is 12.8 Å². The van der Waals surface area contributed by atoms with Gasteiger partial charge in [0, 0.05) is 6.04 Å². The highest BCUT2D eigenvalue weighted by atomic mass is 35.5. The second-order valence-corrected chi connectivity index (χ2v) is 3.86. The summed E-state index contributed by atoms with van der Waals surface area (Å²) in [6.07, 6.45) is 0.767. The number of halogens is 1. The van der Waals surface area contributed by atoms with Crippen LogP contribution in [0.15, 0.2) is 12.1 Å². The molecular formula is C10H12ClNO2. The summed E-state index contributed by atoms with van der Waals surface area (Å²) in [6.45, 7) is 2.20. The molecule has 1 atom stereocenters. The van der Waals surface area contributed by atoms with E-state index in [2.05, 4.69) is 0 Å². The van der Waals surface area contributed by atoms with Crippen LogP contribution in [0.5, 0.6) is 11.5 Å². The first-order chi connectivity index (χ1) is 6.68. The van der Waals surface area contributed by atoms with Gasteiger partial charge in [-0.2, -0.15) is 0 Å². The Morgan fingerprint density at radius 2 is 2.14 bits per heavy atom. The average Bonchev–Trinajstić information content (AvgIpc) is 2.58. The molecule has 0 aromatic heterocycles. The number of nitrogens with two attached hydrogens (primary N) is 1. The average molecular weight is 214 g/mol. The minimum Gasteiger partial charge on any atom is -0.453 e. The molecule has 0 bridgehead atoms. The van der Waals surface area contributed by atoms with Gasteiger partial charge in [-0.1, -0.05) is 17.7 Å². The Balaban J connectivity index is 2.38. The van der Waals surface area contributed by atoms with Crippen LogP contribution in [0.25, 0.3) is 0 Å². The van der Waals surface area contributed by atoms with Crippen LogP contribution < -0.4 is 15.2 Å². The molecule has 3 nitrogen and oxygen atoms in total. The molecule has 0 saturated carbocycles. The van der Waals surface area contributed by atoms with Gasteiger partial charge >= 0.3 is 0 Å². The van der Waals surface area contributed by atoms with E-state index >= 15 is 0 Å². The topological polar surface area (TPSA) is 44.5 Å². The SMILES string of the molecule is CC(N)Cc1ccc(Cl)c2c1OCO2. The summed E-state index contributed by atoms with van der Waals surface area (Å²) in [5.41, 5.74) is 6.78. The molecule has 2 rings (SSSR count). The van der Waals surface area contributed by atoms with Crippen molar-refractivity contribution in [2.24, 2.45) is 5.73 Å². The zero-order valence-corrected chi connectivity index (χ0v) is 8.67. The second-order valence-electron chi connectivity index (χ2n) is 3.45. The number of hydrogen-bond acceptors (Lipinski definition) is 3. The molecule has 1 heterocycles. The molecular weight excluding hydrogens is 202 g/mol. The van der Waals surface area contributed by atoms with Crippen molar-refractivity contribution in [1.82, 2.24) is 0 Å². The van der Waals surface area contributed by atoms with Gasteiger partial charge in [0.05, 0.1) is 5.02 Å². The third-order valence-corrected chi connectivity index (χ3v) is 2.39. The van der Waals surface area contributed by atoms with Crippen LogP contribution in [0, 0.1) is 0 Å². The van der Waals surface area contributed by atoms with E-state index < -0.39 is 0 Å². The van der Waals surface area contributed by atoms with E-state index in [0.717, 1.165) is 17.7 Å². The van der Waals surface area contributed by atoms with Crippen molar-refractivity contribution in [1.29, 1.82) is 0 Å². The molecule has 0 spiro atoms. The second kappa shape index (κ2) is 3.67. The quantitative estimate of drug-likeness (QED) is 0.817. The molecule has 0 fully saturated rings. The van der Waals surface area contributed by atoms with Crippen molar-refractivity contribution in [3.8, 4) is 11.5 Å². The van der Waals surface area contributed by atoms with E-state index in [-0.39, 0.29) is 12.8 Å². The number of benzene rings is 1. The fraction of sp³-hybridized carbons (Fsp3) is 0.400. The summed E-state index contributed by atoms with van der Waals surface area (Å²) in [5, 5.41) is 0.589. The van der Waals surface area contributed by atoms with E-state index in [1.54, 1.807) is 0 Å². The highest BCUT2D eigenvalue weighted by Gasteiger charge is 2.21. The minimum absolute atomic E-state index is 0.101. The van der Waals surface area contributed by atoms with Gasteiger partial charge in [0.1, 0.15) is 0 Å². The van der Waals surface area contributed by atoms with E-state index in [4.69, 9.17) is 26.8 Å². The number of ether oxygens (including phenoxy) is 2.